The second kappa shape index (κ2) is 3.26. The number of aromatic nitrogens is 3. The quantitative estimate of drug-likeness (QED) is 0.694. The van der Waals surface area contributed by atoms with Gasteiger partial charge >= 0.3 is 0 Å². The molecule has 0 aliphatic heterocycles. The SMILES string of the molecule is C=CCNc1ccnc2[nH]ncc12. The van der Waals surface area contributed by atoms with E-state index in [1.54, 1.807) is 12.4 Å². The molecule has 0 amide bonds. The number of hydrogen-bond acceptors (Lipinski definition) is 3. The number of nitrogens with zero attached hydrogens (tertiary/aromatic N) is 2. The van der Waals surface area contributed by atoms with E-state index in [2.05, 4.69) is 27.1 Å². The number of fused-ring (bicyclic) bond motifs is 1. The third-order valence-electron chi connectivity index (χ3n) is 1.79. The third-order valence-corrected chi connectivity index (χ3v) is 1.79. The van der Waals surface area contributed by atoms with E-state index in [1.807, 2.05) is 12.1 Å². The highest BCUT2D eigenvalue weighted by Gasteiger charge is 2.00. The van der Waals surface area contributed by atoms with Crippen LogP contribution in [-0.4, -0.2) is 21.7 Å². The number of anilines is 1. The van der Waals surface area contributed by atoms with Crippen molar-refractivity contribution in [2.75, 3.05) is 11.9 Å². The highest BCUT2D eigenvalue weighted by atomic mass is 15.1. The van der Waals surface area contributed by atoms with Crippen molar-refractivity contribution in [3.63, 3.8) is 0 Å². The first-order valence-corrected chi connectivity index (χ1v) is 4.04. The van der Waals surface area contributed by atoms with E-state index in [0.29, 0.717) is 0 Å². The molecule has 0 saturated carbocycles. The Morgan fingerprint density at radius 3 is 3.38 bits per heavy atom. The Labute approximate surface area is 75.7 Å². The van der Waals surface area contributed by atoms with Gasteiger partial charge in [-0.25, -0.2) is 4.98 Å². The van der Waals surface area contributed by atoms with E-state index in [0.717, 1.165) is 23.3 Å². The van der Waals surface area contributed by atoms with Gasteiger partial charge in [0.2, 0.25) is 0 Å². The molecule has 2 aromatic heterocycles. The van der Waals surface area contributed by atoms with Crippen LogP contribution in [0.1, 0.15) is 0 Å². The zero-order valence-electron chi connectivity index (χ0n) is 7.12. The number of nitrogens with one attached hydrogen (secondary N) is 2. The molecule has 0 saturated heterocycles. The van der Waals surface area contributed by atoms with Gasteiger partial charge in [0.25, 0.3) is 0 Å². The van der Waals surface area contributed by atoms with E-state index >= 15 is 0 Å². The van der Waals surface area contributed by atoms with Crippen molar-refractivity contribution in [1.82, 2.24) is 15.2 Å². The summed E-state index contributed by atoms with van der Waals surface area (Å²) in [5.74, 6) is 0. The Hall–Kier alpha value is -1.84. The van der Waals surface area contributed by atoms with Gasteiger partial charge in [0, 0.05) is 18.4 Å². The molecule has 4 heteroatoms. The molecule has 0 aliphatic rings. The molecule has 0 radical (unpaired) electrons. The highest BCUT2D eigenvalue weighted by Crippen LogP contribution is 2.18. The first-order chi connectivity index (χ1) is 6.42. The van der Waals surface area contributed by atoms with Crippen molar-refractivity contribution in [3.8, 4) is 0 Å². The monoisotopic (exact) mass is 174 g/mol. The summed E-state index contributed by atoms with van der Waals surface area (Å²) in [5.41, 5.74) is 1.83. The summed E-state index contributed by atoms with van der Waals surface area (Å²) in [5, 5.41) is 10.9. The molecule has 2 aromatic rings. The van der Waals surface area contributed by atoms with Gasteiger partial charge in [-0.2, -0.15) is 5.10 Å². The molecule has 0 spiro atoms. The molecule has 0 atom stereocenters. The minimum Gasteiger partial charge on any atom is -0.381 e. The molecule has 4 nitrogen and oxygen atoms in total. The lowest BCUT2D eigenvalue weighted by molar-refractivity contribution is 1.10. The van der Waals surface area contributed by atoms with Crippen LogP contribution >= 0.6 is 0 Å². The second-order valence-electron chi connectivity index (χ2n) is 2.66. The minimum absolute atomic E-state index is 0.740. The minimum atomic E-state index is 0.740. The first-order valence-electron chi connectivity index (χ1n) is 4.04. The predicted molar refractivity (Wildman–Crippen MR) is 52.6 cm³/mol. The van der Waals surface area contributed by atoms with E-state index in [-0.39, 0.29) is 0 Å². The van der Waals surface area contributed by atoms with Crippen molar-refractivity contribution in [2.24, 2.45) is 0 Å². The van der Waals surface area contributed by atoms with Crippen molar-refractivity contribution < 1.29 is 0 Å². The van der Waals surface area contributed by atoms with Gasteiger partial charge in [0.1, 0.15) is 0 Å². The number of H-pyrrole nitrogens is 1. The summed E-state index contributed by atoms with van der Waals surface area (Å²) in [4.78, 5) is 4.13. The van der Waals surface area contributed by atoms with Gasteiger partial charge in [0.05, 0.1) is 11.6 Å². The molecule has 0 aromatic carbocycles. The molecule has 66 valence electrons. The predicted octanol–water partition coefficient (Wildman–Crippen LogP) is 1.56. The van der Waals surface area contributed by atoms with Gasteiger partial charge < -0.3 is 5.32 Å². The Morgan fingerprint density at radius 2 is 2.54 bits per heavy atom. The Morgan fingerprint density at radius 1 is 1.62 bits per heavy atom. The number of pyridine rings is 1. The molecule has 0 bridgehead atoms. The molecule has 2 rings (SSSR count). The van der Waals surface area contributed by atoms with Crippen LogP contribution in [0.2, 0.25) is 0 Å². The van der Waals surface area contributed by atoms with Crippen LogP contribution in [0.25, 0.3) is 11.0 Å². The third kappa shape index (κ3) is 1.38. The Balaban J connectivity index is 2.42. The topological polar surface area (TPSA) is 53.6 Å². The van der Waals surface area contributed by atoms with E-state index in [4.69, 9.17) is 0 Å². The van der Waals surface area contributed by atoms with Crippen LogP contribution in [-0.2, 0) is 0 Å². The molecule has 0 fully saturated rings. The maximum absolute atomic E-state index is 4.13. The zero-order chi connectivity index (χ0) is 9.10. The van der Waals surface area contributed by atoms with Gasteiger partial charge in [0.15, 0.2) is 5.65 Å². The average molecular weight is 174 g/mol. The van der Waals surface area contributed by atoms with Crippen LogP contribution in [0.5, 0.6) is 0 Å². The lowest BCUT2D eigenvalue weighted by atomic mass is 10.3. The average Bonchev–Trinajstić information content (AvgIpc) is 2.62. The summed E-state index contributed by atoms with van der Waals surface area (Å²) in [7, 11) is 0. The zero-order valence-corrected chi connectivity index (χ0v) is 7.12. The van der Waals surface area contributed by atoms with Gasteiger partial charge in [-0.15, -0.1) is 6.58 Å². The van der Waals surface area contributed by atoms with Gasteiger partial charge in [-0.05, 0) is 6.07 Å². The molecular weight excluding hydrogens is 164 g/mol. The molecular formula is C9H10N4. The van der Waals surface area contributed by atoms with Crippen molar-refractivity contribution in [3.05, 3.63) is 31.1 Å². The number of rotatable bonds is 3. The van der Waals surface area contributed by atoms with Crippen LogP contribution in [0.4, 0.5) is 5.69 Å². The summed E-state index contributed by atoms with van der Waals surface area (Å²) in [6.07, 6.45) is 5.31. The highest BCUT2D eigenvalue weighted by molar-refractivity contribution is 5.87. The van der Waals surface area contributed by atoms with E-state index in [1.165, 1.54) is 0 Å². The Kier molecular flexibility index (Phi) is 1.96. The lowest BCUT2D eigenvalue weighted by Crippen LogP contribution is -1.97. The lowest BCUT2D eigenvalue weighted by Gasteiger charge is -2.02. The van der Waals surface area contributed by atoms with Crippen molar-refractivity contribution in [1.29, 1.82) is 0 Å². The standard InChI is InChI=1S/C9H10N4/c1-2-4-10-8-3-5-11-9-7(8)6-12-13-9/h2-3,5-6H,1,4H2,(H2,10,11,12,13). The van der Waals surface area contributed by atoms with E-state index < -0.39 is 0 Å². The van der Waals surface area contributed by atoms with Crippen LogP contribution < -0.4 is 5.32 Å². The number of aromatic amines is 1. The van der Waals surface area contributed by atoms with E-state index in [9.17, 15) is 0 Å². The fourth-order valence-corrected chi connectivity index (χ4v) is 1.19. The summed E-state index contributed by atoms with van der Waals surface area (Å²) < 4.78 is 0. The smallest absolute Gasteiger partial charge is 0.157 e. The Bertz CT molecular complexity index is 418. The molecule has 2 N–H and O–H groups in total. The number of hydrogen-bond donors (Lipinski definition) is 2. The van der Waals surface area contributed by atoms with Crippen LogP contribution in [0.15, 0.2) is 31.1 Å². The van der Waals surface area contributed by atoms with Gasteiger partial charge in [-0.1, -0.05) is 6.08 Å². The van der Waals surface area contributed by atoms with Gasteiger partial charge in [-0.3, -0.25) is 5.10 Å². The maximum Gasteiger partial charge on any atom is 0.157 e. The summed E-state index contributed by atoms with van der Waals surface area (Å²) in [6, 6.07) is 1.92. The molecule has 2 heterocycles. The second-order valence-corrected chi connectivity index (χ2v) is 2.66. The maximum atomic E-state index is 4.13. The van der Waals surface area contributed by atoms with Crippen molar-refractivity contribution in [2.45, 2.75) is 0 Å². The van der Waals surface area contributed by atoms with Crippen molar-refractivity contribution >= 4 is 16.7 Å². The summed E-state index contributed by atoms with van der Waals surface area (Å²) in [6.45, 7) is 4.38. The molecule has 0 unspecified atom stereocenters. The fourth-order valence-electron chi connectivity index (χ4n) is 1.19. The largest absolute Gasteiger partial charge is 0.381 e. The van der Waals surface area contributed by atoms with Crippen LogP contribution in [0, 0.1) is 0 Å². The summed E-state index contributed by atoms with van der Waals surface area (Å²) >= 11 is 0. The van der Waals surface area contributed by atoms with Crippen LogP contribution in [0.3, 0.4) is 0 Å². The fraction of sp³-hybridized carbons (Fsp3) is 0.111. The molecule has 0 aliphatic carbocycles. The first kappa shape index (κ1) is 7.79. The normalized spacial score (nSPS) is 10.2. The molecule has 13 heavy (non-hydrogen) atoms.